The number of fused-ring (bicyclic) bond motifs is 1. The molecule has 1 aromatic heterocycles. The molecule has 2 heterocycles. The highest BCUT2D eigenvalue weighted by atomic mass is 35.5. The first kappa shape index (κ1) is 14.5. The van der Waals surface area contributed by atoms with Gasteiger partial charge in [-0.3, -0.25) is 4.79 Å². The number of nitrogens with two attached hydrogens (primary N) is 1. The quantitative estimate of drug-likeness (QED) is 0.922. The van der Waals surface area contributed by atoms with Gasteiger partial charge in [-0.05, 0) is 31.4 Å². The van der Waals surface area contributed by atoms with Gasteiger partial charge in [-0.1, -0.05) is 23.2 Å². The highest BCUT2D eigenvalue weighted by Crippen LogP contribution is 2.29. The fourth-order valence-corrected chi connectivity index (χ4v) is 3.00. The molecule has 2 aromatic rings. The van der Waals surface area contributed by atoms with Crippen LogP contribution >= 0.6 is 23.2 Å². The summed E-state index contributed by atoms with van der Waals surface area (Å²) in [5, 5.41) is 0.854. The van der Waals surface area contributed by atoms with Crippen LogP contribution in [-0.2, 0) is 11.3 Å². The normalized spacial score (nSPS) is 15.6. The molecule has 0 unspecified atom stereocenters. The summed E-state index contributed by atoms with van der Waals surface area (Å²) in [4.78, 5) is 18.5. The van der Waals surface area contributed by atoms with Crippen molar-refractivity contribution >= 4 is 46.1 Å². The van der Waals surface area contributed by atoms with Gasteiger partial charge in [-0.25, -0.2) is 4.98 Å². The lowest BCUT2D eigenvalue weighted by Crippen LogP contribution is -2.37. The van der Waals surface area contributed by atoms with Gasteiger partial charge in [0.15, 0.2) is 0 Å². The molecule has 1 aromatic carbocycles. The number of likely N-dealkylation sites (tertiary alicyclic amines) is 1. The minimum Gasteiger partial charge on any atom is -0.369 e. The summed E-state index contributed by atoms with van der Waals surface area (Å²) >= 11 is 12.0. The first-order valence-electron chi connectivity index (χ1n) is 6.95. The highest BCUT2D eigenvalue weighted by molar-refractivity contribution is 6.42. The largest absolute Gasteiger partial charge is 0.369 e. The van der Waals surface area contributed by atoms with Crippen molar-refractivity contribution in [3.05, 3.63) is 22.2 Å². The van der Waals surface area contributed by atoms with E-state index in [-0.39, 0.29) is 12.5 Å². The molecule has 0 radical (unpaired) electrons. The van der Waals surface area contributed by atoms with Crippen LogP contribution in [0.15, 0.2) is 12.1 Å². The number of nitrogens with zero attached hydrogens (tertiary/aromatic N) is 3. The van der Waals surface area contributed by atoms with Gasteiger partial charge in [-0.15, -0.1) is 0 Å². The smallest absolute Gasteiger partial charge is 0.242 e. The Morgan fingerprint density at radius 1 is 1.19 bits per heavy atom. The summed E-state index contributed by atoms with van der Waals surface area (Å²) in [6, 6.07) is 3.36. The summed E-state index contributed by atoms with van der Waals surface area (Å²) in [5.74, 6) is 0.362. The lowest BCUT2D eigenvalue weighted by molar-refractivity contribution is -0.132. The van der Waals surface area contributed by atoms with E-state index in [0.717, 1.165) is 31.4 Å². The van der Waals surface area contributed by atoms with E-state index in [1.807, 2.05) is 4.90 Å². The average Bonchev–Trinajstić information content (AvgIpc) is 2.76. The lowest BCUT2D eigenvalue weighted by Gasteiger charge is -2.27. The fraction of sp³-hybridized carbons (Fsp3) is 0.429. The molecule has 1 amide bonds. The summed E-state index contributed by atoms with van der Waals surface area (Å²) < 4.78 is 1.69. The molecule has 0 bridgehead atoms. The van der Waals surface area contributed by atoms with Gasteiger partial charge in [0, 0.05) is 13.1 Å². The molecule has 2 N–H and O–H groups in total. The molecular weight excluding hydrogens is 311 g/mol. The zero-order chi connectivity index (χ0) is 15.0. The van der Waals surface area contributed by atoms with E-state index in [0.29, 0.717) is 21.5 Å². The van der Waals surface area contributed by atoms with Crippen molar-refractivity contribution in [2.45, 2.75) is 25.8 Å². The van der Waals surface area contributed by atoms with Crippen molar-refractivity contribution in [1.29, 1.82) is 0 Å². The van der Waals surface area contributed by atoms with E-state index in [1.165, 1.54) is 6.42 Å². The Bertz CT molecular complexity index is 692. The minimum atomic E-state index is 0.0618. The Hall–Kier alpha value is -1.46. The number of hydrogen-bond acceptors (Lipinski definition) is 3. The number of carbonyl (C=O) groups excluding carboxylic acids is 1. The number of aromatic nitrogens is 2. The van der Waals surface area contributed by atoms with E-state index in [9.17, 15) is 4.79 Å². The maximum absolute atomic E-state index is 12.4. The van der Waals surface area contributed by atoms with E-state index < -0.39 is 0 Å². The maximum atomic E-state index is 12.4. The van der Waals surface area contributed by atoms with Gasteiger partial charge >= 0.3 is 0 Å². The van der Waals surface area contributed by atoms with Gasteiger partial charge in [0.1, 0.15) is 6.54 Å². The predicted octanol–water partition coefficient (Wildman–Crippen LogP) is 2.94. The lowest BCUT2D eigenvalue weighted by atomic mass is 10.1. The van der Waals surface area contributed by atoms with Gasteiger partial charge in [0.05, 0.1) is 21.1 Å². The number of carbonyl (C=O) groups is 1. The van der Waals surface area contributed by atoms with Crippen molar-refractivity contribution < 1.29 is 4.79 Å². The molecule has 1 fully saturated rings. The van der Waals surface area contributed by atoms with Crippen LogP contribution in [0.1, 0.15) is 19.3 Å². The monoisotopic (exact) mass is 326 g/mol. The molecule has 7 heteroatoms. The van der Waals surface area contributed by atoms with Crippen molar-refractivity contribution in [3.63, 3.8) is 0 Å². The van der Waals surface area contributed by atoms with Gasteiger partial charge in [0.25, 0.3) is 0 Å². The zero-order valence-electron chi connectivity index (χ0n) is 11.5. The number of imidazole rings is 1. The van der Waals surface area contributed by atoms with Crippen LogP contribution in [0.25, 0.3) is 11.0 Å². The Balaban J connectivity index is 1.91. The fourth-order valence-electron chi connectivity index (χ4n) is 2.68. The Morgan fingerprint density at radius 3 is 2.57 bits per heavy atom. The molecule has 0 atom stereocenters. The van der Waals surface area contributed by atoms with E-state index in [1.54, 1.807) is 16.7 Å². The Labute approximate surface area is 132 Å². The highest BCUT2D eigenvalue weighted by Gasteiger charge is 2.19. The first-order valence-corrected chi connectivity index (χ1v) is 7.70. The molecule has 1 saturated heterocycles. The second kappa shape index (κ2) is 5.73. The average molecular weight is 327 g/mol. The van der Waals surface area contributed by atoms with Gasteiger partial charge in [-0.2, -0.15) is 0 Å². The van der Waals surface area contributed by atoms with Crippen molar-refractivity contribution in [1.82, 2.24) is 14.5 Å². The van der Waals surface area contributed by atoms with Gasteiger partial charge in [0.2, 0.25) is 11.9 Å². The van der Waals surface area contributed by atoms with Crippen LogP contribution in [0.2, 0.25) is 10.0 Å². The Morgan fingerprint density at radius 2 is 1.86 bits per heavy atom. The number of amides is 1. The summed E-state index contributed by atoms with van der Waals surface area (Å²) in [5.41, 5.74) is 7.30. The third-order valence-electron chi connectivity index (χ3n) is 3.82. The van der Waals surface area contributed by atoms with Crippen LogP contribution in [0.5, 0.6) is 0 Å². The molecule has 0 aliphatic carbocycles. The van der Waals surface area contributed by atoms with Crippen molar-refractivity contribution in [2.75, 3.05) is 18.8 Å². The second-order valence-electron chi connectivity index (χ2n) is 5.25. The predicted molar refractivity (Wildman–Crippen MR) is 84.6 cm³/mol. The zero-order valence-corrected chi connectivity index (χ0v) is 13.0. The van der Waals surface area contributed by atoms with Crippen LogP contribution in [0, 0.1) is 0 Å². The summed E-state index contributed by atoms with van der Waals surface area (Å²) in [7, 11) is 0. The molecule has 112 valence electrons. The molecule has 5 nitrogen and oxygen atoms in total. The van der Waals surface area contributed by atoms with E-state index >= 15 is 0 Å². The van der Waals surface area contributed by atoms with E-state index in [2.05, 4.69) is 4.98 Å². The number of piperidine rings is 1. The molecule has 0 spiro atoms. The molecule has 1 aliphatic rings. The van der Waals surface area contributed by atoms with Gasteiger partial charge < -0.3 is 15.2 Å². The van der Waals surface area contributed by atoms with Crippen LogP contribution in [0.3, 0.4) is 0 Å². The Kier molecular flexibility index (Phi) is 3.95. The molecular formula is C14H16Cl2N4O. The summed E-state index contributed by atoms with van der Waals surface area (Å²) in [6.45, 7) is 1.82. The van der Waals surface area contributed by atoms with Crippen LogP contribution in [-0.4, -0.2) is 33.4 Å². The summed E-state index contributed by atoms with van der Waals surface area (Å²) in [6.07, 6.45) is 3.31. The molecule has 3 rings (SSSR count). The van der Waals surface area contributed by atoms with Crippen LogP contribution in [0.4, 0.5) is 5.95 Å². The van der Waals surface area contributed by atoms with E-state index in [4.69, 9.17) is 28.9 Å². The van der Waals surface area contributed by atoms with Crippen molar-refractivity contribution in [3.8, 4) is 0 Å². The maximum Gasteiger partial charge on any atom is 0.242 e. The number of anilines is 1. The SMILES string of the molecule is Nc1nc2cc(Cl)c(Cl)cc2n1CC(=O)N1CCCCC1. The van der Waals surface area contributed by atoms with Crippen LogP contribution < -0.4 is 5.73 Å². The number of halogens is 2. The third-order valence-corrected chi connectivity index (χ3v) is 4.54. The standard InChI is InChI=1S/C14H16Cl2N4O/c15-9-6-11-12(7-10(9)16)20(14(17)18-11)8-13(21)19-4-2-1-3-5-19/h6-7H,1-5,8H2,(H2,17,18). The molecule has 1 aliphatic heterocycles. The number of benzene rings is 1. The minimum absolute atomic E-state index is 0.0618. The number of nitrogen functional groups attached to an aromatic ring is 1. The topological polar surface area (TPSA) is 64.1 Å². The second-order valence-corrected chi connectivity index (χ2v) is 6.07. The molecule has 21 heavy (non-hydrogen) atoms. The molecule has 0 saturated carbocycles. The number of hydrogen-bond donors (Lipinski definition) is 1. The van der Waals surface area contributed by atoms with Crippen molar-refractivity contribution in [2.24, 2.45) is 0 Å². The first-order chi connectivity index (χ1) is 10.1. The third kappa shape index (κ3) is 2.80. The number of rotatable bonds is 2.